The van der Waals surface area contributed by atoms with Gasteiger partial charge in [0, 0.05) is 6.42 Å². The van der Waals surface area contributed by atoms with Crippen molar-refractivity contribution in [3.05, 3.63) is 36.5 Å². The molecule has 192 valence electrons. The molecule has 0 N–H and O–H groups in total. The molecule has 0 radical (unpaired) electrons. The van der Waals surface area contributed by atoms with Crippen molar-refractivity contribution in [2.75, 3.05) is 7.11 Å². The first-order valence-electron chi connectivity index (χ1n) is 14.3. The number of hydrogen-bond donors (Lipinski definition) is 0. The molecule has 0 aromatic rings. The molecule has 0 aromatic carbocycles. The van der Waals surface area contributed by atoms with Crippen LogP contribution >= 0.6 is 0 Å². The molecule has 0 bridgehead atoms. The maximum Gasteiger partial charge on any atom is 0.305 e. The lowest BCUT2D eigenvalue weighted by molar-refractivity contribution is -0.140. The molecule has 0 saturated heterocycles. The summed E-state index contributed by atoms with van der Waals surface area (Å²) in [5.41, 5.74) is 0. The predicted octanol–water partition coefficient (Wildman–Crippen LogP) is 10.4. The van der Waals surface area contributed by atoms with Crippen LogP contribution < -0.4 is 0 Å². The van der Waals surface area contributed by atoms with Gasteiger partial charge in [0.05, 0.1) is 7.11 Å². The largest absolute Gasteiger partial charge is 0.469 e. The fourth-order valence-corrected chi connectivity index (χ4v) is 3.99. The lowest BCUT2D eigenvalue weighted by Crippen LogP contribution is -1.98. The van der Waals surface area contributed by atoms with Crippen LogP contribution in [0.3, 0.4) is 0 Å². The summed E-state index contributed by atoms with van der Waals surface area (Å²) in [6.07, 6.45) is 41.9. The Bertz CT molecular complexity index is 475. The van der Waals surface area contributed by atoms with Gasteiger partial charge in [0.25, 0.3) is 0 Å². The van der Waals surface area contributed by atoms with Gasteiger partial charge in [-0.3, -0.25) is 4.79 Å². The van der Waals surface area contributed by atoms with Crippen LogP contribution in [-0.2, 0) is 9.53 Å². The first-order valence-corrected chi connectivity index (χ1v) is 14.3. The molecule has 2 heteroatoms. The fraction of sp³-hybridized carbons (Fsp3) is 0.774. The van der Waals surface area contributed by atoms with E-state index in [-0.39, 0.29) is 5.97 Å². The molecule has 0 amide bonds. The van der Waals surface area contributed by atoms with Crippen LogP contribution in [0.5, 0.6) is 0 Å². The Morgan fingerprint density at radius 3 is 1.21 bits per heavy atom. The van der Waals surface area contributed by atoms with E-state index in [4.69, 9.17) is 0 Å². The number of esters is 1. The Balaban J connectivity index is 3.19. The molecule has 0 atom stereocenters. The van der Waals surface area contributed by atoms with Gasteiger partial charge in [-0.15, -0.1) is 0 Å². The van der Waals surface area contributed by atoms with Crippen molar-refractivity contribution in [3.63, 3.8) is 0 Å². The van der Waals surface area contributed by atoms with Crippen LogP contribution in [0.15, 0.2) is 36.5 Å². The highest BCUT2D eigenvalue weighted by Crippen LogP contribution is 2.13. The highest BCUT2D eigenvalue weighted by atomic mass is 16.5. The monoisotopic (exact) mass is 460 g/mol. The Labute approximate surface area is 207 Å². The molecule has 2 nitrogen and oxygen atoms in total. The average molecular weight is 461 g/mol. The topological polar surface area (TPSA) is 26.3 Å². The molecule has 0 unspecified atom stereocenters. The molecular formula is C31H56O2. The van der Waals surface area contributed by atoms with E-state index < -0.39 is 0 Å². The summed E-state index contributed by atoms with van der Waals surface area (Å²) in [4.78, 5) is 11.0. The molecule has 0 spiro atoms. The van der Waals surface area contributed by atoms with Crippen LogP contribution in [0.1, 0.15) is 148 Å². The van der Waals surface area contributed by atoms with E-state index in [1.165, 1.54) is 116 Å². The summed E-state index contributed by atoms with van der Waals surface area (Å²) < 4.78 is 4.64. The van der Waals surface area contributed by atoms with Gasteiger partial charge in [-0.2, -0.15) is 0 Å². The van der Waals surface area contributed by atoms with E-state index in [2.05, 4.69) is 48.1 Å². The van der Waals surface area contributed by atoms with E-state index >= 15 is 0 Å². The van der Waals surface area contributed by atoms with Crippen molar-refractivity contribution in [1.29, 1.82) is 0 Å². The molecule has 0 heterocycles. The van der Waals surface area contributed by atoms with Crippen LogP contribution in [-0.4, -0.2) is 13.1 Å². The van der Waals surface area contributed by atoms with Gasteiger partial charge in [-0.05, 0) is 64.2 Å². The lowest BCUT2D eigenvalue weighted by atomic mass is 10.0. The smallest absolute Gasteiger partial charge is 0.305 e. The Kier molecular flexibility index (Phi) is 27.6. The molecule has 33 heavy (non-hydrogen) atoms. The summed E-state index contributed by atoms with van der Waals surface area (Å²) in [5.74, 6) is -0.107. The van der Waals surface area contributed by atoms with E-state index in [0.29, 0.717) is 6.42 Å². The van der Waals surface area contributed by atoms with Crippen LogP contribution in [0.2, 0.25) is 0 Å². The molecule has 0 saturated carbocycles. The van der Waals surface area contributed by atoms with Gasteiger partial charge >= 0.3 is 5.97 Å². The number of hydrogen-bond acceptors (Lipinski definition) is 2. The third-order valence-corrected chi connectivity index (χ3v) is 6.20. The first-order chi connectivity index (χ1) is 16.3. The SMILES string of the molecule is CCCCCC/C=C/CCCCCCCCCCCC/C=C/CC/C=C/CCCC(=O)OC. The highest BCUT2D eigenvalue weighted by molar-refractivity contribution is 5.69. The van der Waals surface area contributed by atoms with E-state index in [0.717, 1.165) is 25.7 Å². The number of allylic oxidation sites excluding steroid dienone is 6. The van der Waals surface area contributed by atoms with E-state index in [1.807, 2.05) is 0 Å². The predicted molar refractivity (Wildman–Crippen MR) is 147 cm³/mol. The maximum atomic E-state index is 11.0. The first kappa shape index (κ1) is 31.7. The molecule has 0 aliphatic carbocycles. The molecule has 0 rings (SSSR count). The van der Waals surface area contributed by atoms with Crippen molar-refractivity contribution >= 4 is 5.97 Å². The number of unbranched alkanes of at least 4 members (excludes halogenated alkanes) is 17. The third-order valence-electron chi connectivity index (χ3n) is 6.20. The maximum absolute atomic E-state index is 11.0. The summed E-state index contributed by atoms with van der Waals surface area (Å²) in [6.45, 7) is 2.28. The zero-order valence-corrected chi connectivity index (χ0v) is 22.3. The normalized spacial score (nSPS) is 11.9. The minimum absolute atomic E-state index is 0.107. The van der Waals surface area contributed by atoms with Crippen molar-refractivity contribution in [3.8, 4) is 0 Å². The second kappa shape index (κ2) is 28.7. The van der Waals surface area contributed by atoms with Gasteiger partial charge in [0.15, 0.2) is 0 Å². The lowest BCUT2D eigenvalue weighted by Gasteiger charge is -2.02. The highest BCUT2D eigenvalue weighted by Gasteiger charge is 1.96. The number of carbonyl (C=O) groups excluding carboxylic acids is 1. The second-order valence-electron chi connectivity index (χ2n) is 9.42. The third kappa shape index (κ3) is 28.7. The van der Waals surface area contributed by atoms with Crippen LogP contribution in [0, 0.1) is 0 Å². The van der Waals surface area contributed by atoms with Crippen LogP contribution in [0.25, 0.3) is 0 Å². The quantitative estimate of drug-likeness (QED) is 0.0769. The Hall–Kier alpha value is -1.31. The minimum atomic E-state index is -0.107. The summed E-state index contributed by atoms with van der Waals surface area (Å²) in [5, 5.41) is 0. The van der Waals surface area contributed by atoms with E-state index in [9.17, 15) is 4.79 Å². The molecular weight excluding hydrogens is 404 g/mol. The van der Waals surface area contributed by atoms with Gasteiger partial charge in [0.2, 0.25) is 0 Å². The Morgan fingerprint density at radius 1 is 0.485 bits per heavy atom. The summed E-state index contributed by atoms with van der Waals surface area (Å²) >= 11 is 0. The summed E-state index contributed by atoms with van der Waals surface area (Å²) in [7, 11) is 1.45. The molecule has 0 aromatic heterocycles. The Morgan fingerprint density at radius 2 is 0.818 bits per heavy atom. The van der Waals surface area contributed by atoms with Crippen molar-refractivity contribution in [2.45, 2.75) is 148 Å². The zero-order chi connectivity index (χ0) is 24.1. The number of methoxy groups -OCH3 is 1. The molecule has 0 aliphatic rings. The van der Waals surface area contributed by atoms with E-state index in [1.54, 1.807) is 0 Å². The molecule has 0 aliphatic heterocycles. The second-order valence-corrected chi connectivity index (χ2v) is 9.42. The summed E-state index contributed by atoms with van der Waals surface area (Å²) in [6, 6.07) is 0. The van der Waals surface area contributed by atoms with Crippen molar-refractivity contribution in [2.24, 2.45) is 0 Å². The van der Waals surface area contributed by atoms with Gasteiger partial charge in [-0.1, -0.05) is 114 Å². The van der Waals surface area contributed by atoms with Gasteiger partial charge < -0.3 is 4.74 Å². The van der Waals surface area contributed by atoms with Gasteiger partial charge in [0.1, 0.15) is 0 Å². The number of carbonyl (C=O) groups is 1. The molecule has 0 fully saturated rings. The standard InChI is InChI=1S/C31H56O2/c1-3-4-5-6-7-8-9-10-11-12-13-14-15-16-17-18-19-20-21-22-23-24-25-26-27-28-29-30-31(32)33-2/h8-9,22-23,26-27H,3-7,10-21,24-25,28-30H2,1-2H3/b9-8+,23-22+,27-26+. The van der Waals surface area contributed by atoms with Crippen LogP contribution in [0.4, 0.5) is 0 Å². The van der Waals surface area contributed by atoms with Gasteiger partial charge in [-0.25, -0.2) is 0 Å². The van der Waals surface area contributed by atoms with Crippen molar-refractivity contribution < 1.29 is 9.53 Å². The number of ether oxygens (including phenoxy) is 1. The fourth-order valence-electron chi connectivity index (χ4n) is 3.99. The van der Waals surface area contributed by atoms with Crippen molar-refractivity contribution in [1.82, 2.24) is 0 Å². The average Bonchev–Trinajstić information content (AvgIpc) is 2.83. The minimum Gasteiger partial charge on any atom is -0.469 e. The number of rotatable bonds is 25. The zero-order valence-electron chi connectivity index (χ0n) is 22.3.